The summed E-state index contributed by atoms with van der Waals surface area (Å²) in [6, 6.07) is 10.0. The van der Waals surface area contributed by atoms with Gasteiger partial charge in [-0.25, -0.2) is 0 Å². The van der Waals surface area contributed by atoms with Gasteiger partial charge in [-0.15, -0.1) is 11.3 Å². The van der Waals surface area contributed by atoms with Gasteiger partial charge in [-0.1, -0.05) is 47.8 Å². The summed E-state index contributed by atoms with van der Waals surface area (Å²) < 4.78 is 0.812. The topological polar surface area (TPSA) is 12.0 Å². The molecule has 1 unspecified atom stereocenters. The summed E-state index contributed by atoms with van der Waals surface area (Å²) in [4.78, 5) is 1.23. The summed E-state index contributed by atoms with van der Waals surface area (Å²) in [7, 11) is 0. The largest absolute Gasteiger partial charge is 0.309 e. The number of nitrogens with one attached hydrogen (secondary N) is 1. The van der Waals surface area contributed by atoms with E-state index in [2.05, 4.69) is 18.3 Å². The predicted molar refractivity (Wildman–Crippen MR) is 85.9 cm³/mol. The average molecular weight is 335 g/mol. The average Bonchev–Trinajstić information content (AvgIpc) is 2.80. The second-order valence-electron chi connectivity index (χ2n) is 4.20. The lowest BCUT2D eigenvalue weighted by molar-refractivity contribution is 0.558. The van der Waals surface area contributed by atoms with Crippen LogP contribution in [0.5, 0.6) is 0 Å². The number of hydrogen-bond acceptors (Lipinski definition) is 2. The maximum atomic E-state index is 6.05. The lowest BCUT2D eigenvalue weighted by Crippen LogP contribution is -2.22. The third-order valence-electron chi connectivity index (χ3n) is 2.81. The Balaban J connectivity index is 2.18. The van der Waals surface area contributed by atoms with E-state index >= 15 is 0 Å². The van der Waals surface area contributed by atoms with E-state index in [0.29, 0.717) is 10.0 Å². The summed E-state index contributed by atoms with van der Waals surface area (Å²) in [5.74, 6) is 0. The fourth-order valence-corrected chi connectivity index (χ4v) is 3.39. The molecule has 0 saturated heterocycles. The molecule has 1 heterocycles. The Bertz CT molecular complexity index is 553. The highest BCUT2D eigenvalue weighted by Crippen LogP contribution is 2.30. The van der Waals surface area contributed by atoms with Gasteiger partial charge in [0, 0.05) is 10.9 Å². The van der Waals surface area contributed by atoms with Crippen molar-refractivity contribution >= 4 is 46.1 Å². The number of benzene rings is 1. The van der Waals surface area contributed by atoms with Gasteiger partial charge in [-0.05, 0) is 42.8 Å². The van der Waals surface area contributed by atoms with Crippen molar-refractivity contribution in [1.29, 1.82) is 0 Å². The highest BCUT2D eigenvalue weighted by molar-refractivity contribution is 7.16. The van der Waals surface area contributed by atoms with E-state index in [4.69, 9.17) is 34.8 Å². The Morgan fingerprint density at radius 1 is 1.11 bits per heavy atom. The van der Waals surface area contributed by atoms with Gasteiger partial charge in [0.1, 0.15) is 0 Å². The van der Waals surface area contributed by atoms with Crippen LogP contribution in [-0.2, 0) is 6.42 Å². The number of likely N-dealkylation sites (N-methyl/N-ethyl adjacent to an activating group) is 1. The van der Waals surface area contributed by atoms with Crippen molar-refractivity contribution in [2.45, 2.75) is 19.4 Å². The highest BCUT2D eigenvalue weighted by Gasteiger charge is 2.14. The van der Waals surface area contributed by atoms with Crippen molar-refractivity contribution in [2.24, 2.45) is 0 Å². The second kappa shape index (κ2) is 6.96. The zero-order chi connectivity index (χ0) is 13.8. The van der Waals surface area contributed by atoms with E-state index in [9.17, 15) is 0 Å². The van der Waals surface area contributed by atoms with Gasteiger partial charge in [0.25, 0.3) is 0 Å². The van der Waals surface area contributed by atoms with Crippen LogP contribution in [0, 0.1) is 0 Å². The quantitative estimate of drug-likeness (QED) is 0.750. The second-order valence-corrected chi connectivity index (χ2v) is 6.77. The monoisotopic (exact) mass is 333 g/mol. The van der Waals surface area contributed by atoms with Gasteiger partial charge in [0.05, 0.1) is 14.4 Å². The molecule has 5 heteroatoms. The van der Waals surface area contributed by atoms with Crippen molar-refractivity contribution in [3.05, 3.63) is 55.2 Å². The molecular formula is C14H14Cl3NS. The van der Waals surface area contributed by atoms with Crippen molar-refractivity contribution in [2.75, 3.05) is 6.54 Å². The first kappa shape index (κ1) is 15.1. The van der Waals surface area contributed by atoms with Crippen molar-refractivity contribution in [3.63, 3.8) is 0 Å². The molecule has 1 nitrogen and oxygen atoms in total. The van der Waals surface area contributed by atoms with E-state index in [1.165, 1.54) is 4.88 Å². The zero-order valence-electron chi connectivity index (χ0n) is 10.4. The fraction of sp³-hybridized carbons (Fsp3) is 0.286. The van der Waals surface area contributed by atoms with Crippen LogP contribution >= 0.6 is 46.1 Å². The Morgan fingerprint density at radius 2 is 1.89 bits per heavy atom. The minimum absolute atomic E-state index is 0.250. The van der Waals surface area contributed by atoms with E-state index < -0.39 is 0 Å². The minimum Gasteiger partial charge on any atom is -0.309 e. The van der Waals surface area contributed by atoms with Crippen LogP contribution < -0.4 is 5.32 Å². The van der Waals surface area contributed by atoms with Gasteiger partial charge in [0.2, 0.25) is 0 Å². The van der Waals surface area contributed by atoms with E-state index in [1.807, 2.05) is 24.3 Å². The van der Waals surface area contributed by atoms with E-state index in [-0.39, 0.29) is 6.04 Å². The maximum absolute atomic E-state index is 6.05. The summed E-state index contributed by atoms with van der Waals surface area (Å²) >= 11 is 19.6. The standard InChI is InChI=1S/C14H14Cl3NS/c1-2-18-12(13-5-6-14(17)19-13)8-9-3-4-10(15)11(16)7-9/h3-7,12,18H,2,8H2,1H3. The molecule has 2 rings (SSSR count). The molecule has 0 aliphatic carbocycles. The lowest BCUT2D eigenvalue weighted by Gasteiger charge is -2.16. The van der Waals surface area contributed by atoms with Crippen molar-refractivity contribution in [1.82, 2.24) is 5.32 Å². The van der Waals surface area contributed by atoms with Crippen molar-refractivity contribution in [3.8, 4) is 0 Å². The first-order valence-corrected chi connectivity index (χ1v) is 7.97. The molecule has 0 fully saturated rings. The van der Waals surface area contributed by atoms with Crippen LogP contribution in [-0.4, -0.2) is 6.54 Å². The Labute approximate surface area is 132 Å². The molecule has 0 amide bonds. The minimum atomic E-state index is 0.250. The first-order chi connectivity index (χ1) is 9.10. The fourth-order valence-electron chi connectivity index (χ4n) is 1.94. The molecule has 0 radical (unpaired) electrons. The third kappa shape index (κ3) is 4.11. The van der Waals surface area contributed by atoms with Gasteiger partial charge in [0.15, 0.2) is 0 Å². The Kier molecular flexibility index (Phi) is 5.55. The normalized spacial score (nSPS) is 12.6. The number of rotatable bonds is 5. The van der Waals surface area contributed by atoms with Crippen LogP contribution in [0.1, 0.15) is 23.4 Å². The Morgan fingerprint density at radius 3 is 2.47 bits per heavy atom. The number of halogens is 3. The van der Waals surface area contributed by atoms with Crippen LogP contribution in [0.25, 0.3) is 0 Å². The number of thiophene rings is 1. The van der Waals surface area contributed by atoms with Gasteiger partial charge < -0.3 is 5.32 Å². The third-order valence-corrected chi connectivity index (χ3v) is 4.90. The summed E-state index contributed by atoms with van der Waals surface area (Å²) in [5.41, 5.74) is 1.16. The molecule has 1 aromatic carbocycles. The SMILES string of the molecule is CCNC(Cc1ccc(Cl)c(Cl)c1)c1ccc(Cl)s1. The maximum Gasteiger partial charge on any atom is 0.0931 e. The molecule has 0 spiro atoms. The van der Waals surface area contributed by atoms with Crippen LogP contribution in [0.3, 0.4) is 0 Å². The van der Waals surface area contributed by atoms with Crippen LogP contribution in [0.2, 0.25) is 14.4 Å². The van der Waals surface area contributed by atoms with E-state index in [1.54, 1.807) is 11.3 Å². The summed E-state index contributed by atoms with van der Waals surface area (Å²) in [5, 5.41) is 4.65. The van der Waals surface area contributed by atoms with Crippen molar-refractivity contribution < 1.29 is 0 Å². The molecule has 0 aliphatic heterocycles. The predicted octanol–water partition coefficient (Wildman–Crippen LogP) is 5.60. The Hall–Kier alpha value is -0.250. The van der Waals surface area contributed by atoms with Crippen LogP contribution in [0.15, 0.2) is 30.3 Å². The molecule has 2 aromatic rings. The molecule has 1 aromatic heterocycles. The molecule has 1 N–H and O–H groups in total. The lowest BCUT2D eigenvalue weighted by atomic mass is 10.0. The molecule has 19 heavy (non-hydrogen) atoms. The number of hydrogen-bond donors (Lipinski definition) is 1. The molecule has 0 bridgehead atoms. The van der Waals surface area contributed by atoms with Crippen LogP contribution in [0.4, 0.5) is 0 Å². The van der Waals surface area contributed by atoms with Gasteiger partial charge in [-0.2, -0.15) is 0 Å². The van der Waals surface area contributed by atoms with E-state index in [0.717, 1.165) is 22.9 Å². The molecule has 1 atom stereocenters. The molecule has 102 valence electrons. The molecular weight excluding hydrogens is 321 g/mol. The summed E-state index contributed by atoms with van der Waals surface area (Å²) in [6.45, 7) is 3.00. The highest BCUT2D eigenvalue weighted by atomic mass is 35.5. The summed E-state index contributed by atoms with van der Waals surface area (Å²) in [6.07, 6.45) is 0.863. The zero-order valence-corrected chi connectivity index (χ0v) is 13.5. The van der Waals surface area contributed by atoms with Gasteiger partial charge >= 0.3 is 0 Å². The molecule has 0 aliphatic rings. The van der Waals surface area contributed by atoms with Gasteiger partial charge in [-0.3, -0.25) is 0 Å². The molecule has 0 saturated carbocycles. The first-order valence-electron chi connectivity index (χ1n) is 6.02. The smallest absolute Gasteiger partial charge is 0.0931 e.